The quantitative estimate of drug-likeness (QED) is 0.494. The van der Waals surface area contributed by atoms with Crippen LogP contribution in [0.3, 0.4) is 0 Å². The van der Waals surface area contributed by atoms with Crippen molar-refractivity contribution < 1.29 is 0 Å². The van der Waals surface area contributed by atoms with Gasteiger partial charge < -0.3 is 0 Å². The molecule has 0 radical (unpaired) electrons. The second-order valence-electron chi connectivity index (χ2n) is 6.40. The first-order valence-corrected chi connectivity index (χ1v) is 6.76. The second kappa shape index (κ2) is 4.33. The number of nitriles is 1. The summed E-state index contributed by atoms with van der Waals surface area (Å²) in [6, 6.07) is 2.19. The molecule has 1 nitrogen and oxygen atoms in total. The van der Waals surface area contributed by atoms with E-state index in [2.05, 4.69) is 26.0 Å². The first kappa shape index (κ1) is 12.4. The Morgan fingerprint density at radius 3 is 2.00 bits per heavy atom. The molecule has 0 heterocycles. The van der Waals surface area contributed by atoms with Gasteiger partial charge in [0.05, 0.1) is 6.07 Å². The fourth-order valence-electron chi connectivity index (χ4n) is 3.43. The van der Waals surface area contributed by atoms with E-state index >= 15 is 0 Å². The van der Waals surface area contributed by atoms with Crippen LogP contribution < -0.4 is 0 Å². The van der Waals surface area contributed by atoms with Gasteiger partial charge in [0.15, 0.2) is 0 Å². The molecule has 3 fully saturated rings. The van der Waals surface area contributed by atoms with Crippen LogP contribution in [0.1, 0.15) is 59.3 Å². The van der Waals surface area contributed by atoms with Gasteiger partial charge in [0.25, 0.3) is 0 Å². The highest BCUT2D eigenvalue weighted by atomic mass is 14.5. The van der Waals surface area contributed by atoms with Crippen molar-refractivity contribution in [3.63, 3.8) is 0 Å². The number of nitrogens with zero attached hydrogens (tertiary/aromatic N) is 1. The molecule has 17 heavy (non-hydrogen) atoms. The van der Waals surface area contributed by atoms with Crippen LogP contribution in [0.2, 0.25) is 0 Å². The summed E-state index contributed by atoms with van der Waals surface area (Å²) in [4.78, 5) is 0. The summed E-state index contributed by atoms with van der Waals surface area (Å²) in [7, 11) is 0. The summed E-state index contributed by atoms with van der Waals surface area (Å²) >= 11 is 0. The minimum Gasteiger partial charge on any atom is -0.193 e. The van der Waals surface area contributed by atoms with E-state index in [0.29, 0.717) is 10.8 Å². The standard InChI is InChI=1S/C16H23N/c1-13(12-17)4-5-14(2)16-9-6-15(3,7-10-16)8-11-16/h4-5H,6-11H2,1-3H3. The predicted octanol–water partition coefficient (Wildman–Crippen LogP) is 4.76. The molecule has 3 saturated carbocycles. The van der Waals surface area contributed by atoms with Crippen LogP contribution >= 0.6 is 0 Å². The third kappa shape index (κ3) is 2.32. The van der Waals surface area contributed by atoms with E-state index in [1.165, 1.54) is 44.1 Å². The molecular weight excluding hydrogens is 206 g/mol. The topological polar surface area (TPSA) is 23.8 Å². The molecule has 3 rings (SSSR count). The number of hydrogen-bond acceptors (Lipinski definition) is 1. The third-order valence-corrected chi connectivity index (χ3v) is 5.22. The zero-order valence-corrected chi connectivity index (χ0v) is 11.3. The summed E-state index contributed by atoms with van der Waals surface area (Å²) in [6.45, 7) is 6.59. The maximum Gasteiger partial charge on any atom is 0.0944 e. The van der Waals surface area contributed by atoms with Crippen molar-refractivity contribution in [3.8, 4) is 6.07 Å². The monoisotopic (exact) mass is 229 g/mol. The molecule has 0 aromatic heterocycles. The van der Waals surface area contributed by atoms with Gasteiger partial charge >= 0.3 is 0 Å². The van der Waals surface area contributed by atoms with Crippen LogP contribution in [0.25, 0.3) is 0 Å². The first-order chi connectivity index (χ1) is 8.00. The van der Waals surface area contributed by atoms with E-state index in [1.807, 2.05) is 13.0 Å². The first-order valence-electron chi connectivity index (χ1n) is 6.76. The lowest BCUT2D eigenvalue weighted by Crippen LogP contribution is -2.40. The summed E-state index contributed by atoms with van der Waals surface area (Å²) in [5.74, 6) is 0. The van der Waals surface area contributed by atoms with Crippen molar-refractivity contribution >= 4 is 0 Å². The second-order valence-corrected chi connectivity index (χ2v) is 6.40. The Morgan fingerprint density at radius 1 is 1.00 bits per heavy atom. The third-order valence-electron chi connectivity index (χ3n) is 5.22. The number of fused-ring (bicyclic) bond motifs is 3. The van der Waals surface area contributed by atoms with Crippen LogP contribution in [-0.4, -0.2) is 0 Å². The Balaban J connectivity index is 2.15. The Morgan fingerprint density at radius 2 is 1.53 bits per heavy atom. The molecule has 0 spiro atoms. The summed E-state index contributed by atoms with van der Waals surface area (Å²) in [5, 5.41) is 8.77. The van der Waals surface area contributed by atoms with Gasteiger partial charge in [0.1, 0.15) is 0 Å². The van der Waals surface area contributed by atoms with E-state index in [-0.39, 0.29) is 0 Å². The Kier molecular flexibility index (Phi) is 3.17. The fourth-order valence-corrected chi connectivity index (χ4v) is 3.43. The normalized spacial score (nSPS) is 38.0. The molecule has 0 aliphatic heterocycles. The van der Waals surface area contributed by atoms with Gasteiger partial charge in [-0.2, -0.15) is 5.26 Å². The molecule has 0 amide bonds. The average Bonchev–Trinajstić information content (AvgIpc) is 2.36. The molecule has 0 aromatic rings. The highest BCUT2D eigenvalue weighted by Gasteiger charge is 2.46. The van der Waals surface area contributed by atoms with Gasteiger partial charge in [0, 0.05) is 5.57 Å². The van der Waals surface area contributed by atoms with Crippen molar-refractivity contribution in [3.05, 3.63) is 23.3 Å². The lowest BCUT2D eigenvalue weighted by atomic mass is 9.52. The van der Waals surface area contributed by atoms with Crippen LogP contribution in [0.5, 0.6) is 0 Å². The van der Waals surface area contributed by atoms with Crippen molar-refractivity contribution in [2.75, 3.05) is 0 Å². The van der Waals surface area contributed by atoms with E-state index < -0.39 is 0 Å². The fraction of sp³-hybridized carbons (Fsp3) is 0.688. The zero-order valence-electron chi connectivity index (χ0n) is 11.3. The van der Waals surface area contributed by atoms with Crippen LogP contribution in [-0.2, 0) is 0 Å². The molecule has 2 bridgehead atoms. The van der Waals surface area contributed by atoms with Gasteiger partial charge in [-0.25, -0.2) is 0 Å². The van der Waals surface area contributed by atoms with Crippen molar-refractivity contribution in [1.82, 2.24) is 0 Å². The molecule has 3 aliphatic rings. The van der Waals surface area contributed by atoms with Gasteiger partial charge in [-0.15, -0.1) is 0 Å². The van der Waals surface area contributed by atoms with Crippen molar-refractivity contribution in [2.24, 2.45) is 10.8 Å². The lowest BCUT2D eigenvalue weighted by Gasteiger charge is -2.53. The maximum absolute atomic E-state index is 8.77. The Hall–Kier alpha value is -1.03. The van der Waals surface area contributed by atoms with E-state index in [1.54, 1.807) is 0 Å². The molecule has 0 saturated heterocycles. The lowest BCUT2D eigenvalue weighted by molar-refractivity contribution is 0.0284. The van der Waals surface area contributed by atoms with Crippen LogP contribution in [0, 0.1) is 22.2 Å². The molecule has 3 aliphatic carbocycles. The zero-order chi connectivity index (χ0) is 12.5. The van der Waals surface area contributed by atoms with E-state index in [4.69, 9.17) is 5.26 Å². The predicted molar refractivity (Wildman–Crippen MR) is 71.4 cm³/mol. The van der Waals surface area contributed by atoms with E-state index in [0.717, 1.165) is 5.57 Å². The van der Waals surface area contributed by atoms with Gasteiger partial charge in [-0.3, -0.25) is 0 Å². The highest BCUT2D eigenvalue weighted by molar-refractivity contribution is 5.28. The SMILES string of the molecule is CC(C#N)=CC=C(C)C12CCC(C)(CC1)CC2. The molecular formula is C16H23N. The van der Waals surface area contributed by atoms with Crippen molar-refractivity contribution in [1.29, 1.82) is 5.26 Å². The largest absolute Gasteiger partial charge is 0.193 e. The molecule has 92 valence electrons. The van der Waals surface area contributed by atoms with Gasteiger partial charge in [-0.1, -0.05) is 18.6 Å². The molecule has 0 N–H and O–H groups in total. The Labute approximate surface area is 105 Å². The minimum atomic E-state index is 0.462. The summed E-state index contributed by atoms with van der Waals surface area (Å²) in [5.41, 5.74) is 3.40. The average molecular weight is 229 g/mol. The smallest absolute Gasteiger partial charge is 0.0944 e. The number of rotatable bonds is 2. The summed E-state index contributed by atoms with van der Waals surface area (Å²) in [6.07, 6.45) is 12.4. The molecule has 0 aromatic carbocycles. The van der Waals surface area contributed by atoms with Crippen LogP contribution in [0.4, 0.5) is 0 Å². The van der Waals surface area contributed by atoms with Crippen molar-refractivity contribution in [2.45, 2.75) is 59.3 Å². The minimum absolute atomic E-state index is 0.462. The molecule has 1 heteroatoms. The van der Waals surface area contributed by atoms with Gasteiger partial charge in [0.2, 0.25) is 0 Å². The van der Waals surface area contributed by atoms with Gasteiger partial charge in [-0.05, 0) is 69.3 Å². The Bertz CT molecular complexity index is 381. The van der Waals surface area contributed by atoms with Crippen LogP contribution in [0.15, 0.2) is 23.3 Å². The highest BCUT2D eigenvalue weighted by Crippen LogP contribution is 2.59. The summed E-state index contributed by atoms with van der Waals surface area (Å²) < 4.78 is 0. The maximum atomic E-state index is 8.77. The van der Waals surface area contributed by atoms with E-state index in [9.17, 15) is 0 Å². The number of allylic oxidation sites excluding steroid dienone is 4. The number of hydrogen-bond donors (Lipinski definition) is 0. The molecule has 0 atom stereocenters. The molecule has 0 unspecified atom stereocenters.